The zero-order chi connectivity index (χ0) is 14.1. The number of hydrogen-bond acceptors (Lipinski definition) is 2. The Hall–Kier alpha value is -1.48. The molecule has 0 bridgehead atoms. The van der Waals surface area contributed by atoms with Crippen LogP contribution in [0.2, 0.25) is 5.02 Å². The van der Waals surface area contributed by atoms with Crippen molar-refractivity contribution >= 4 is 17.3 Å². The summed E-state index contributed by atoms with van der Waals surface area (Å²) < 4.78 is 1.88. The molecule has 1 aromatic heterocycles. The van der Waals surface area contributed by atoms with Crippen LogP contribution in [0.4, 0.5) is 5.69 Å². The summed E-state index contributed by atoms with van der Waals surface area (Å²) in [6.45, 7) is 2.14. The third-order valence-electron chi connectivity index (χ3n) is 4.08. The number of aromatic nitrogens is 2. The average Bonchev–Trinajstić information content (AvgIpc) is 2.75. The molecule has 0 radical (unpaired) electrons. The highest BCUT2D eigenvalue weighted by Crippen LogP contribution is 2.41. The predicted molar refractivity (Wildman–Crippen MR) is 83.4 cm³/mol. The lowest BCUT2D eigenvalue weighted by molar-refractivity contribution is 0.374. The molecule has 106 valence electrons. The van der Waals surface area contributed by atoms with Crippen molar-refractivity contribution < 1.29 is 0 Å². The van der Waals surface area contributed by atoms with Gasteiger partial charge in [-0.05, 0) is 36.8 Å². The van der Waals surface area contributed by atoms with E-state index < -0.39 is 0 Å². The normalized spacial score (nSPS) is 21.6. The van der Waals surface area contributed by atoms with Crippen molar-refractivity contribution in [2.75, 3.05) is 5.32 Å². The molecule has 1 heterocycles. The molecule has 20 heavy (non-hydrogen) atoms. The highest BCUT2D eigenvalue weighted by atomic mass is 35.5. The molecule has 1 aliphatic rings. The maximum absolute atomic E-state index is 6.26. The molecule has 0 spiro atoms. The van der Waals surface area contributed by atoms with Gasteiger partial charge in [0.2, 0.25) is 0 Å². The molecular weight excluding hydrogens is 270 g/mol. The Bertz CT molecular complexity index is 600. The fourth-order valence-electron chi connectivity index (χ4n) is 2.93. The highest BCUT2D eigenvalue weighted by molar-refractivity contribution is 6.31. The zero-order valence-corrected chi connectivity index (χ0v) is 12.7. The van der Waals surface area contributed by atoms with Gasteiger partial charge in [-0.2, -0.15) is 5.10 Å². The van der Waals surface area contributed by atoms with E-state index in [2.05, 4.69) is 35.7 Å². The van der Waals surface area contributed by atoms with Crippen LogP contribution in [0.25, 0.3) is 0 Å². The second kappa shape index (κ2) is 5.49. The fraction of sp³-hybridized carbons (Fsp3) is 0.438. The number of rotatable bonds is 4. The van der Waals surface area contributed by atoms with Gasteiger partial charge in [-0.1, -0.05) is 36.7 Å². The lowest BCUT2D eigenvalue weighted by atomic mass is 9.76. The molecule has 0 amide bonds. The SMILES string of the molecule is CCc1nn(C)cc1NC1CC(c2ccccc2Cl)C1. The van der Waals surface area contributed by atoms with Crippen molar-refractivity contribution in [3.8, 4) is 0 Å². The number of halogens is 1. The molecule has 1 saturated carbocycles. The van der Waals surface area contributed by atoms with Gasteiger partial charge in [0.15, 0.2) is 0 Å². The van der Waals surface area contributed by atoms with Gasteiger partial charge in [0.05, 0.1) is 11.4 Å². The molecule has 4 heteroatoms. The van der Waals surface area contributed by atoms with E-state index in [4.69, 9.17) is 11.6 Å². The summed E-state index contributed by atoms with van der Waals surface area (Å²) in [6, 6.07) is 8.71. The summed E-state index contributed by atoms with van der Waals surface area (Å²) in [4.78, 5) is 0. The van der Waals surface area contributed by atoms with Crippen molar-refractivity contribution in [1.82, 2.24) is 9.78 Å². The maximum Gasteiger partial charge on any atom is 0.0853 e. The molecular formula is C16H20ClN3. The number of nitrogens with zero attached hydrogens (tertiary/aromatic N) is 2. The van der Waals surface area contributed by atoms with Crippen molar-refractivity contribution in [2.24, 2.45) is 7.05 Å². The largest absolute Gasteiger partial charge is 0.380 e. The number of hydrogen-bond donors (Lipinski definition) is 1. The van der Waals surface area contributed by atoms with Crippen LogP contribution in [0.3, 0.4) is 0 Å². The van der Waals surface area contributed by atoms with E-state index in [9.17, 15) is 0 Å². The molecule has 0 atom stereocenters. The number of nitrogens with one attached hydrogen (secondary N) is 1. The van der Waals surface area contributed by atoms with E-state index in [1.165, 1.54) is 11.3 Å². The maximum atomic E-state index is 6.26. The molecule has 1 aliphatic carbocycles. The van der Waals surface area contributed by atoms with Gasteiger partial charge in [0, 0.05) is 24.3 Å². The number of anilines is 1. The summed E-state index contributed by atoms with van der Waals surface area (Å²) in [6.07, 6.45) is 5.31. The summed E-state index contributed by atoms with van der Waals surface area (Å²) in [7, 11) is 1.97. The minimum atomic E-state index is 0.533. The van der Waals surface area contributed by atoms with Crippen LogP contribution < -0.4 is 5.32 Å². The van der Waals surface area contributed by atoms with E-state index in [0.717, 1.165) is 30.0 Å². The Morgan fingerprint density at radius 1 is 1.35 bits per heavy atom. The molecule has 1 N–H and O–H groups in total. The molecule has 3 rings (SSSR count). The average molecular weight is 290 g/mol. The van der Waals surface area contributed by atoms with Gasteiger partial charge in [0.1, 0.15) is 0 Å². The van der Waals surface area contributed by atoms with Crippen molar-refractivity contribution in [3.05, 3.63) is 46.7 Å². The first-order valence-electron chi connectivity index (χ1n) is 7.21. The minimum absolute atomic E-state index is 0.533. The molecule has 0 unspecified atom stereocenters. The second-order valence-corrected chi connectivity index (χ2v) is 5.95. The van der Waals surface area contributed by atoms with Gasteiger partial charge in [0.25, 0.3) is 0 Å². The minimum Gasteiger partial charge on any atom is -0.380 e. The Balaban J connectivity index is 1.62. The molecule has 1 fully saturated rings. The summed E-state index contributed by atoms with van der Waals surface area (Å²) in [5.74, 6) is 0.586. The number of benzene rings is 1. The molecule has 0 saturated heterocycles. The smallest absolute Gasteiger partial charge is 0.0853 e. The monoisotopic (exact) mass is 289 g/mol. The van der Waals surface area contributed by atoms with E-state index >= 15 is 0 Å². The van der Waals surface area contributed by atoms with Crippen molar-refractivity contribution in [3.63, 3.8) is 0 Å². The van der Waals surface area contributed by atoms with Gasteiger partial charge in [-0.3, -0.25) is 4.68 Å². The van der Waals surface area contributed by atoms with Crippen LogP contribution in [-0.2, 0) is 13.5 Å². The second-order valence-electron chi connectivity index (χ2n) is 5.55. The van der Waals surface area contributed by atoms with E-state index in [1.54, 1.807) is 0 Å². The van der Waals surface area contributed by atoms with Crippen LogP contribution in [0.1, 0.15) is 36.9 Å². The fourth-order valence-corrected chi connectivity index (χ4v) is 3.22. The van der Waals surface area contributed by atoms with Crippen LogP contribution >= 0.6 is 11.6 Å². The zero-order valence-electron chi connectivity index (χ0n) is 11.9. The van der Waals surface area contributed by atoms with Crippen LogP contribution in [0.5, 0.6) is 0 Å². The quantitative estimate of drug-likeness (QED) is 0.922. The first kappa shape index (κ1) is 13.5. The van der Waals surface area contributed by atoms with E-state index in [0.29, 0.717) is 12.0 Å². The Kier molecular flexibility index (Phi) is 3.70. The molecule has 2 aromatic rings. The Morgan fingerprint density at radius 3 is 2.80 bits per heavy atom. The molecule has 0 aliphatic heterocycles. The topological polar surface area (TPSA) is 29.9 Å². The lowest BCUT2D eigenvalue weighted by Gasteiger charge is -2.37. The van der Waals surface area contributed by atoms with Gasteiger partial charge in [-0.25, -0.2) is 0 Å². The van der Waals surface area contributed by atoms with Crippen molar-refractivity contribution in [2.45, 2.75) is 38.1 Å². The third-order valence-corrected chi connectivity index (χ3v) is 4.43. The van der Waals surface area contributed by atoms with Crippen molar-refractivity contribution in [1.29, 1.82) is 0 Å². The van der Waals surface area contributed by atoms with Gasteiger partial charge >= 0.3 is 0 Å². The van der Waals surface area contributed by atoms with E-state index in [1.807, 2.05) is 23.9 Å². The van der Waals surface area contributed by atoms with Gasteiger partial charge in [-0.15, -0.1) is 0 Å². The summed E-state index contributed by atoms with van der Waals surface area (Å²) >= 11 is 6.26. The standard InChI is InChI=1S/C16H20ClN3/c1-3-15-16(10-20(2)19-15)18-12-8-11(9-12)13-6-4-5-7-14(13)17/h4-7,10-12,18H,3,8-9H2,1-2H3. The van der Waals surface area contributed by atoms with Crippen LogP contribution in [-0.4, -0.2) is 15.8 Å². The summed E-state index contributed by atoms with van der Waals surface area (Å²) in [5.41, 5.74) is 3.61. The summed E-state index contributed by atoms with van der Waals surface area (Å²) in [5, 5.41) is 8.97. The Labute approximate surface area is 124 Å². The Morgan fingerprint density at radius 2 is 2.10 bits per heavy atom. The van der Waals surface area contributed by atoms with Crippen LogP contribution in [0.15, 0.2) is 30.5 Å². The predicted octanol–water partition coefficient (Wildman–Crippen LogP) is 3.99. The highest BCUT2D eigenvalue weighted by Gasteiger charge is 2.31. The molecule has 3 nitrogen and oxygen atoms in total. The molecule has 1 aromatic carbocycles. The first-order valence-corrected chi connectivity index (χ1v) is 7.58. The number of aryl methyl sites for hydroxylation is 2. The lowest BCUT2D eigenvalue weighted by Crippen LogP contribution is -2.34. The van der Waals surface area contributed by atoms with Gasteiger partial charge < -0.3 is 5.32 Å². The van der Waals surface area contributed by atoms with Crippen LogP contribution in [0, 0.1) is 0 Å². The third kappa shape index (κ3) is 2.55. The van der Waals surface area contributed by atoms with E-state index in [-0.39, 0.29) is 0 Å². The first-order chi connectivity index (χ1) is 9.67.